The van der Waals surface area contributed by atoms with E-state index in [2.05, 4.69) is 23.3 Å². The van der Waals surface area contributed by atoms with Gasteiger partial charge in [0.2, 0.25) is 0 Å². The van der Waals surface area contributed by atoms with E-state index in [9.17, 15) is 4.79 Å². The van der Waals surface area contributed by atoms with Gasteiger partial charge in [0.15, 0.2) is 0 Å². The van der Waals surface area contributed by atoms with Crippen LogP contribution in [0.3, 0.4) is 0 Å². The van der Waals surface area contributed by atoms with Crippen LogP contribution in [0.2, 0.25) is 0 Å². The van der Waals surface area contributed by atoms with Gasteiger partial charge in [-0.25, -0.2) is 4.79 Å². The smallest absolute Gasteiger partial charge is 0.334 e. The summed E-state index contributed by atoms with van der Waals surface area (Å²) in [4.78, 5) is 16.3. The van der Waals surface area contributed by atoms with Crippen LogP contribution in [0.1, 0.15) is 46.0 Å². The summed E-state index contributed by atoms with van der Waals surface area (Å²) in [5.74, 6) is 1.51. The highest BCUT2D eigenvalue weighted by atomic mass is 16.5. The third kappa shape index (κ3) is 5.10. The average molecular weight is 308 g/mol. The first-order chi connectivity index (χ1) is 10.6. The second-order valence-electron chi connectivity index (χ2n) is 6.98. The third-order valence-electron chi connectivity index (χ3n) is 5.20. The fourth-order valence-corrected chi connectivity index (χ4v) is 3.79. The largest absolute Gasteiger partial charge is 0.446 e. The minimum Gasteiger partial charge on any atom is -0.446 e. The lowest BCUT2D eigenvalue weighted by atomic mass is 9.79. The molecule has 0 saturated carbocycles. The van der Waals surface area contributed by atoms with E-state index in [4.69, 9.17) is 4.74 Å². The molecule has 0 aromatic carbocycles. The average Bonchev–Trinajstić information content (AvgIpc) is 2.54. The number of carbonyl (C=O) groups excluding carboxylic acids is 1. The van der Waals surface area contributed by atoms with Crippen LogP contribution in [0.5, 0.6) is 0 Å². The Morgan fingerprint density at radius 3 is 2.00 bits per heavy atom. The summed E-state index contributed by atoms with van der Waals surface area (Å²) in [6.07, 6.45) is 6.52. The first kappa shape index (κ1) is 17.5. The van der Waals surface area contributed by atoms with Crippen LogP contribution in [-0.4, -0.2) is 55.2 Å². The first-order valence-electron chi connectivity index (χ1n) is 8.87. The van der Waals surface area contributed by atoms with Gasteiger partial charge in [0.1, 0.15) is 6.73 Å². The van der Waals surface area contributed by atoms with Crippen LogP contribution in [0.15, 0.2) is 12.2 Å². The molecule has 126 valence electrons. The van der Waals surface area contributed by atoms with E-state index < -0.39 is 0 Å². The molecule has 4 nitrogen and oxygen atoms in total. The normalized spacial score (nSPS) is 22.6. The van der Waals surface area contributed by atoms with Gasteiger partial charge in [-0.2, -0.15) is 0 Å². The Morgan fingerprint density at radius 2 is 1.55 bits per heavy atom. The van der Waals surface area contributed by atoms with E-state index in [1.807, 2.05) is 0 Å². The van der Waals surface area contributed by atoms with Gasteiger partial charge in [-0.05, 0) is 70.5 Å². The molecule has 0 amide bonds. The van der Waals surface area contributed by atoms with Crippen molar-refractivity contribution in [2.75, 3.05) is 39.5 Å². The minimum atomic E-state index is -0.273. The van der Waals surface area contributed by atoms with Gasteiger partial charge in [0.05, 0.1) is 0 Å². The molecular weight excluding hydrogens is 276 g/mol. The SMILES string of the molecule is C=C(C)C(=O)OCN1CCC(C2CCN(CCC)CC2)CC1. The van der Waals surface area contributed by atoms with Gasteiger partial charge in [0, 0.05) is 18.7 Å². The van der Waals surface area contributed by atoms with Gasteiger partial charge < -0.3 is 9.64 Å². The molecule has 0 unspecified atom stereocenters. The molecular formula is C18H32N2O2. The maximum Gasteiger partial charge on any atom is 0.334 e. The number of likely N-dealkylation sites (tertiary alicyclic amines) is 2. The summed E-state index contributed by atoms with van der Waals surface area (Å²) in [7, 11) is 0. The lowest BCUT2D eigenvalue weighted by molar-refractivity contribution is -0.144. The third-order valence-corrected chi connectivity index (χ3v) is 5.20. The van der Waals surface area contributed by atoms with Crippen molar-refractivity contribution >= 4 is 5.97 Å². The Morgan fingerprint density at radius 1 is 1.05 bits per heavy atom. The van der Waals surface area contributed by atoms with Crippen LogP contribution < -0.4 is 0 Å². The Kier molecular flexibility index (Phi) is 6.90. The topological polar surface area (TPSA) is 32.8 Å². The Balaban J connectivity index is 1.65. The van der Waals surface area contributed by atoms with Crippen molar-refractivity contribution in [2.24, 2.45) is 11.8 Å². The van der Waals surface area contributed by atoms with Crippen molar-refractivity contribution in [3.8, 4) is 0 Å². The molecule has 2 rings (SSSR count). The lowest BCUT2D eigenvalue weighted by Gasteiger charge is -2.40. The minimum absolute atomic E-state index is 0.273. The molecule has 0 spiro atoms. The van der Waals surface area contributed by atoms with Crippen molar-refractivity contribution in [2.45, 2.75) is 46.0 Å². The van der Waals surface area contributed by atoms with Crippen LogP contribution in [-0.2, 0) is 9.53 Å². The maximum absolute atomic E-state index is 11.4. The van der Waals surface area contributed by atoms with E-state index in [-0.39, 0.29) is 5.97 Å². The first-order valence-corrected chi connectivity index (χ1v) is 8.87. The fraction of sp³-hybridized carbons (Fsp3) is 0.833. The van der Waals surface area contributed by atoms with Gasteiger partial charge in [0.25, 0.3) is 0 Å². The summed E-state index contributed by atoms with van der Waals surface area (Å²) >= 11 is 0. The highest BCUT2D eigenvalue weighted by Gasteiger charge is 2.29. The summed E-state index contributed by atoms with van der Waals surface area (Å²) in [6, 6.07) is 0. The predicted octanol–water partition coefficient (Wildman–Crippen LogP) is 2.90. The highest BCUT2D eigenvalue weighted by molar-refractivity contribution is 5.86. The Labute approximate surface area is 135 Å². The maximum atomic E-state index is 11.4. The summed E-state index contributed by atoms with van der Waals surface area (Å²) in [5.41, 5.74) is 0.480. The van der Waals surface area contributed by atoms with Crippen molar-refractivity contribution in [1.29, 1.82) is 0 Å². The van der Waals surface area contributed by atoms with E-state index in [0.29, 0.717) is 12.3 Å². The Bertz CT molecular complexity index is 367. The van der Waals surface area contributed by atoms with E-state index >= 15 is 0 Å². The molecule has 0 radical (unpaired) electrons. The molecule has 2 fully saturated rings. The number of ether oxygens (including phenoxy) is 1. The zero-order valence-corrected chi connectivity index (χ0v) is 14.4. The zero-order chi connectivity index (χ0) is 15.9. The molecule has 0 bridgehead atoms. The second-order valence-corrected chi connectivity index (χ2v) is 6.98. The van der Waals surface area contributed by atoms with E-state index in [1.54, 1.807) is 6.92 Å². The second kappa shape index (κ2) is 8.68. The van der Waals surface area contributed by atoms with Crippen LogP contribution >= 0.6 is 0 Å². The Hall–Kier alpha value is -0.870. The van der Waals surface area contributed by atoms with Gasteiger partial charge in [-0.15, -0.1) is 0 Å². The molecule has 2 aliphatic rings. The molecule has 0 atom stereocenters. The number of carbonyl (C=O) groups is 1. The van der Waals surface area contributed by atoms with Crippen molar-refractivity contribution in [1.82, 2.24) is 9.80 Å². The van der Waals surface area contributed by atoms with Gasteiger partial charge in [-0.1, -0.05) is 13.5 Å². The number of piperidine rings is 2. The molecule has 0 aromatic heterocycles. The summed E-state index contributed by atoms with van der Waals surface area (Å²) < 4.78 is 5.25. The van der Waals surface area contributed by atoms with Crippen molar-refractivity contribution in [3.63, 3.8) is 0 Å². The summed E-state index contributed by atoms with van der Waals surface area (Å²) in [6.45, 7) is 14.0. The number of hydrogen-bond acceptors (Lipinski definition) is 4. The molecule has 0 aromatic rings. The number of nitrogens with zero attached hydrogens (tertiary/aromatic N) is 2. The highest BCUT2D eigenvalue weighted by Crippen LogP contribution is 2.32. The molecule has 4 heteroatoms. The van der Waals surface area contributed by atoms with E-state index in [0.717, 1.165) is 24.9 Å². The quantitative estimate of drug-likeness (QED) is 0.558. The fourth-order valence-electron chi connectivity index (χ4n) is 3.79. The number of rotatable bonds is 6. The molecule has 2 heterocycles. The van der Waals surface area contributed by atoms with Crippen molar-refractivity contribution in [3.05, 3.63) is 12.2 Å². The summed E-state index contributed by atoms with van der Waals surface area (Å²) in [5, 5.41) is 0. The zero-order valence-electron chi connectivity index (χ0n) is 14.4. The van der Waals surface area contributed by atoms with Gasteiger partial charge in [-0.3, -0.25) is 4.90 Å². The van der Waals surface area contributed by atoms with Crippen LogP contribution in [0.25, 0.3) is 0 Å². The monoisotopic (exact) mass is 308 g/mol. The lowest BCUT2D eigenvalue weighted by Crippen LogP contribution is -2.41. The van der Waals surface area contributed by atoms with Crippen LogP contribution in [0, 0.1) is 11.8 Å². The molecule has 0 N–H and O–H groups in total. The van der Waals surface area contributed by atoms with E-state index in [1.165, 1.54) is 51.7 Å². The molecule has 2 saturated heterocycles. The predicted molar refractivity (Wildman–Crippen MR) is 89.5 cm³/mol. The molecule has 2 aliphatic heterocycles. The van der Waals surface area contributed by atoms with Gasteiger partial charge >= 0.3 is 5.97 Å². The molecule has 0 aliphatic carbocycles. The van der Waals surface area contributed by atoms with Crippen LogP contribution in [0.4, 0.5) is 0 Å². The number of esters is 1. The molecule has 22 heavy (non-hydrogen) atoms. The number of hydrogen-bond donors (Lipinski definition) is 0. The standard InChI is InChI=1S/C18H32N2O2/c1-4-9-19-10-5-16(6-11-19)17-7-12-20(13-8-17)14-22-18(21)15(2)3/h16-17H,2,4-14H2,1,3H3. The van der Waals surface area contributed by atoms with Crippen molar-refractivity contribution < 1.29 is 9.53 Å².